The molecule has 2 unspecified atom stereocenters. The Morgan fingerprint density at radius 1 is 0.442 bits per heavy atom. The van der Waals surface area contributed by atoms with Crippen molar-refractivity contribution >= 4 is 62.6 Å². The van der Waals surface area contributed by atoms with Gasteiger partial charge in [0, 0.05) is 0 Å². The van der Waals surface area contributed by atoms with Crippen LogP contribution in [-0.4, -0.2) is 16.0 Å². The summed E-state index contributed by atoms with van der Waals surface area (Å²) in [4.78, 5) is 0. The van der Waals surface area contributed by atoms with E-state index in [4.69, 9.17) is 0 Å². The first-order chi connectivity index (χ1) is 24.2. The molecule has 2 aromatic heterocycles. The number of benzene rings is 6. The van der Waals surface area contributed by atoms with Crippen LogP contribution in [0.3, 0.4) is 0 Å². The maximum Gasteiger partial charge on any atom is -0.269 e. The average Bonchev–Trinajstić information content (AvgIpc) is 3.85. The minimum Gasteiger partial charge on any atom is -0.269 e. The second-order valence-corrected chi connectivity index (χ2v) is 46.4. The van der Waals surface area contributed by atoms with Crippen LogP contribution in [0.5, 0.6) is 0 Å². The first-order valence-electron chi connectivity index (χ1n) is 17.9. The molecule has 258 valence electrons. The number of hydrogen-bond acceptors (Lipinski definition) is 0. The molecular formula is C46H42F2N2SiZr. The number of halogens is 2. The fourth-order valence-corrected chi connectivity index (χ4v) is 31.8. The van der Waals surface area contributed by atoms with Crippen molar-refractivity contribution in [2.75, 3.05) is 0 Å². The zero-order valence-electron chi connectivity index (χ0n) is 29.9. The zero-order chi connectivity index (χ0) is 34.0. The van der Waals surface area contributed by atoms with Crippen molar-refractivity contribution in [3.8, 4) is 11.4 Å². The summed E-state index contributed by atoms with van der Waals surface area (Å²) in [5, 5.41) is 5.25. The number of rotatable bonds is 4. The number of allylic oxidation sites excluding steroid dienone is 2. The molecule has 0 saturated heterocycles. The number of nitrogens with zero attached hydrogens (tertiary/aromatic N) is 2. The fraction of sp³-hybridized carbons (Fsp3) is 0.130. The topological polar surface area (TPSA) is 9.86 Å². The first-order valence-corrected chi connectivity index (χ1v) is 31.6. The minimum absolute atomic E-state index is 0. The number of hydrogen-bond donors (Lipinski definition) is 0. The second kappa shape index (κ2) is 11.9. The maximum absolute atomic E-state index is 3.75. The Morgan fingerprint density at radius 3 is 1.08 bits per heavy atom. The predicted molar refractivity (Wildman–Crippen MR) is 220 cm³/mol. The summed E-state index contributed by atoms with van der Waals surface area (Å²) in [6, 6.07) is 49.7. The molecule has 0 fully saturated rings. The van der Waals surface area contributed by atoms with Crippen molar-refractivity contribution in [3.05, 3.63) is 167 Å². The molecule has 0 aliphatic heterocycles. The first kappa shape index (κ1) is 34.4. The van der Waals surface area contributed by atoms with Gasteiger partial charge in [-0.1, -0.05) is 0 Å². The molecule has 0 saturated carbocycles. The van der Waals surface area contributed by atoms with E-state index in [1.165, 1.54) is 88.4 Å². The van der Waals surface area contributed by atoms with Gasteiger partial charge in [0.05, 0.1) is 0 Å². The Kier molecular flexibility index (Phi) is 7.91. The molecule has 0 amide bonds. The van der Waals surface area contributed by atoms with Crippen LogP contribution in [0.2, 0.25) is 9.26 Å². The molecule has 0 N–H and O–H groups in total. The van der Waals surface area contributed by atoms with Gasteiger partial charge in [-0.05, 0) is 0 Å². The van der Waals surface area contributed by atoms with Gasteiger partial charge in [-0.3, -0.25) is 9.41 Å². The largest absolute Gasteiger partial charge is 0.269 e. The van der Waals surface area contributed by atoms with E-state index >= 15 is 0 Å². The van der Waals surface area contributed by atoms with E-state index in [-0.39, 0.29) is 9.41 Å². The molecule has 0 bridgehead atoms. The Morgan fingerprint density at radius 2 is 0.750 bits per heavy atom. The Hall–Kier alpha value is -4.64. The van der Waals surface area contributed by atoms with E-state index in [0.717, 1.165) is 0 Å². The minimum atomic E-state index is -3.75. The summed E-state index contributed by atoms with van der Waals surface area (Å²) in [7, 11) is 0. The summed E-state index contributed by atoms with van der Waals surface area (Å²) in [5.74, 6) is 0. The monoisotopic (exact) mass is 778 g/mol. The SMILES string of the molecule is CC1=Cc2c(cccc2-n2c3ccccc3c3ccccc32)[CH]1[Zr]([CH3])([CH3])(=[SiH2])[CH]1C(C)=Cc2c1cccc2-n1c2ccccc2c2ccccc21.F.F. The molecule has 2 atom stereocenters. The third-order valence-corrected chi connectivity index (χ3v) is 30.0. The standard InChI is InChI=1S/2C22H16N.2CH3.2FH.H2Si.Zr/c2*1-15-13-16-7-6-12-22(19(16)14-15)23-20-10-4-2-8-17(20)18-9-3-5-11-21(18)23;;;;;;/h2*2-14H,1H3;2*1H3;2*1H;1H2;. The van der Waals surface area contributed by atoms with Gasteiger partial charge >= 0.3 is 298 Å². The summed E-state index contributed by atoms with van der Waals surface area (Å²) in [5.41, 5.74) is 16.6. The molecule has 2 heterocycles. The number of aromatic nitrogens is 2. The zero-order valence-corrected chi connectivity index (χ0v) is 33.8. The fourth-order valence-electron chi connectivity index (χ4n) is 10.5. The Bertz CT molecular complexity index is 2600. The van der Waals surface area contributed by atoms with Crippen LogP contribution in [0.25, 0.3) is 67.1 Å². The normalized spacial score (nSPS) is 16.8. The van der Waals surface area contributed by atoms with Gasteiger partial charge in [0.25, 0.3) is 0 Å². The van der Waals surface area contributed by atoms with E-state index in [0.29, 0.717) is 7.25 Å². The number of fused-ring (bicyclic) bond motifs is 8. The molecule has 2 nitrogen and oxygen atoms in total. The van der Waals surface area contributed by atoms with Gasteiger partial charge < -0.3 is 0 Å². The van der Waals surface area contributed by atoms with Crippen LogP contribution in [0, 0.1) is 0 Å². The summed E-state index contributed by atoms with van der Waals surface area (Å²) in [6.07, 6.45) is 5.08. The molecule has 2 aliphatic rings. The second-order valence-electron chi connectivity index (χ2n) is 15.9. The van der Waals surface area contributed by atoms with Crippen molar-refractivity contribution in [1.29, 1.82) is 0 Å². The van der Waals surface area contributed by atoms with Crippen molar-refractivity contribution in [2.45, 2.75) is 30.4 Å². The van der Waals surface area contributed by atoms with Crippen LogP contribution >= 0.6 is 0 Å². The molecule has 0 radical (unpaired) electrons. The van der Waals surface area contributed by atoms with E-state index < -0.39 is 17.4 Å². The van der Waals surface area contributed by atoms with Gasteiger partial charge in [-0.2, -0.15) is 0 Å². The van der Waals surface area contributed by atoms with Gasteiger partial charge in [-0.25, -0.2) is 0 Å². The third kappa shape index (κ3) is 4.60. The molecule has 6 aromatic carbocycles. The van der Waals surface area contributed by atoms with Gasteiger partial charge in [0.1, 0.15) is 0 Å². The van der Waals surface area contributed by atoms with Crippen molar-refractivity contribution in [1.82, 2.24) is 9.13 Å². The van der Waals surface area contributed by atoms with E-state index in [1.807, 2.05) is 0 Å². The van der Waals surface area contributed by atoms with Crippen LogP contribution in [0.4, 0.5) is 9.41 Å². The number of para-hydroxylation sites is 4. The van der Waals surface area contributed by atoms with Crippen molar-refractivity contribution in [2.24, 2.45) is 0 Å². The maximum atomic E-state index is 2.74. The van der Waals surface area contributed by atoms with Crippen molar-refractivity contribution < 1.29 is 26.8 Å². The van der Waals surface area contributed by atoms with Crippen LogP contribution < -0.4 is 0 Å². The molecule has 52 heavy (non-hydrogen) atoms. The van der Waals surface area contributed by atoms with Crippen LogP contribution in [0.15, 0.2) is 145 Å². The Balaban J connectivity index is 0.00000193. The molecule has 2 aliphatic carbocycles. The molecule has 0 spiro atoms. The van der Waals surface area contributed by atoms with E-state index in [9.17, 15) is 0 Å². The van der Waals surface area contributed by atoms with E-state index in [1.54, 1.807) is 0 Å². The summed E-state index contributed by atoms with van der Waals surface area (Å²) >= 11 is -3.75. The summed E-state index contributed by atoms with van der Waals surface area (Å²) in [6.45, 7) is 7.26. The van der Waals surface area contributed by atoms with Crippen LogP contribution in [-0.2, 0) is 17.4 Å². The predicted octanol–water partition coefficient (Wildman–Crippen LogP) is 12.1. The van der Waals surface area contributed by atoms with Gasteiger partial charge in [0.2, 0.25) is 0 Å². The quantitative estimate of drug-likeness (QED) is 0.157. The van der Waals surface area contributed by atoms with Crippen LogP contribution in [0.1, 0.15) is 43.4 Å². The smallest absolute Gasteiger partial charge is 0.269 e. The third-order valence-electron chi connectivity index (χ3n) is 12.0. The van der Waals surface area contributed by atoms with Gasteiger partial charge in [-0.15, -0.1) is 0 Å². The average molecular weight is 780 g/mol. The summed E-state index contributed by atoms with van der Waals surface area (Å²) < 4.78 is 11.4. The molecule has 10 rings (SSSR count). The van der Waals surface area contributed by atoms with E-state index in [2.05, 4.69) is 185 Å². The van der Waals surface area contributed by atoms with Crippen molar-refractivity contribution in [3.63, 3.8) is 0 Å². The molecule has 6 heteroatoms. The Labute approximate surface area is 305 Å². The van der Waals surface area contributed by atoms with Gasteiger partial charge in [0.15, 0.2) is 0 Å². The molecule has 8 aromatic rings. The molecular weight excluding hydrogens is 738 g/mol.